The summed E-state index contributed by atoms with van der Waals surface area (Å²) in [6.45, 7) is 9.29. The van der Waals surface area contributed by atoms with Gasteiger partial charge in [-0.25, -0.2) is 0 Å². The van der Waals surface area contributed by atoms with Crippen LogP contribution in [-0.4, -0.2) is 42.5 Å². The zero-order chi connectivity index (χ0) is 17.0. The average molecular weight is 319 g/mol. The molecule has 0 saturated heterocycles. The molecule has 0 aromatic heterocycles. The number of fused-ring (bicyclic) bond motifs is 1. The molecule has 0 radical (unpaired) electrons. The van der Waals surface area contributed by atoms with Gasteiger partial charge in [-0.15, -0.1) is 0 Å². The van der Waals surface area contributed by atoms with Gasteiger partial charge >= 0.3 is 0 Å². The summed E-state index contributed by atoms with van der Waals surface area (Å²) in [6.07, 6.45) is 0. The van der Waals surface area contributed by atoms with Gasteiger partial charge in [0.05, 0.1) is 11.7 Å². The number of likely N-dealkylation sites (N-methyl/N-ethyl adjacent to an activating group) is 1. The average Bonchev–Trinajstić information content (AvgIpc) is 2.54. The quantitative estimate of drug-likeness (QED) is 0.840. The maximum atomic E-state index is 12.3. The van der Waals surface area contributed by atoms with E-state index in [0.29, 0.717) is 24.5 Å². The molecule has 1 heterocycles. The Balaban J connectivity index is 2.06. The first kappa shape index (κ1) is 17.3. The van der Waals surface area contributed by atoms with E-state index >= 15 is 0 Å². The van der Waals surface area contributed by atoms with Crippen molar-refractivity contribution in [2.45, 2.75) is 39.8 Å². The van der Waals surface area contributed by atoms with Gasteiger partial charge in [-0.1, -0.05) is 6.07 Å². The summed E-state index contributed by atoms with van der Waals surface area (Å²) in [4.78, 5) is 25.6. The van der Waals surface area contributed by atoms with E-state index in [1.165, 1.54) is 0 Å². The molecule has 2 atom stereocenters. The van der Waals surface area contributed by atoms with Crippen molar-refractivity contribution in [1.82, 2.24) is 10.2 Å². The van der Waals surface area contributed by atoms with E-state index in [2.05, 4.69) is 10.6 Å². The summed E-state index contributed by atoms with van der Waals surface area (Å²) in [5.41, 5.74) is 1.67. The Morgan fingerprint density at radius 1 is 1.35 bits per heavy atom. The number of anilines is 1. The van der Waals surface area contributed by atoms with Gasteiger partial charge in [0.2, 0.25) is 5.91 Å². The predicted octanol–water partition coefficient (Wildman–Crippen LogP) is 1.92. The molecule has 126 valence electrons. The van der Waals surface area contributed by atoms with Crippen LogP contribution in [0.25, 0.3) is 0 Å². The first-order chi connectivity index (χ1) is 11.0. The number of hydrogen-bond donors (Lipinski definition) is 2. The zero-order valence-electron chi connectivity index (χ0n) is 14.2. The van der Waals surface area contributed by atoms with Gasteiger partial charge in [0, 0.05) is 19.1 Å². The lowest BCUT2D eigenvalue weighted by atomic mass is 10.1. The third-order valence-electron chi connectivity index (χ3n) is 4.08. The Morgan fingerprint density at radius 2 is 2.04 bits per heavy atom. The topological polar surface area (TPSA) is 70.7 Å². The van der Waals surface area contributed by atoms with Crippen LogP contribution in [0.1, 0.15) is 39.3 Å². The third kappa shape index (κ3) is 4.01. The fourth-order valence-corrected chi connectivity index (χ4v) is 2.72. The number of carbonyl (C=O) groups is 2. The van der Waals surface area contributed by atoms with Crippen LogP contribution >= 0.6 is 0 Å². The van der Waals surface area contributed by atoms with Crippen molar-refractivity contribution in [2.75, 3.05) is 25.0 Å². The SMILES string of the molecule is CCN(CC)C(=O)C(C)NC(C)c1ccc2c(c1)NC(=O)CO2. The number of nitrogens with zero attached hydrogens (tertiary/aromatic N) is 1. The zero-order valence-corrected chi connectivity index (χ0v) is 14.2. The van der Waals surface area contributed by atoms with Crippen LogP contribution in [0.15, 0.2) is 18.2 Å². The normalized spacial score (nSPS) is 15.9. The predicted molar refractivity (Wildman–Crippen MR) is 89.5 cm³/mol. The molecule has 23 heavy (non-hydrogen) atoms. The first-order valence-corrected chi connectivity index (χ1v) is 8.07. The largest absolute Gasteiger partial charge is 0.482 e. The summed E-state index contributed by atoms with van der Waals surface area (Å²) in [6, 6.07) is 5.39. The summed E-state index contributed by atoms with van der Waals surface area (Å²) < 4.78 is 5.36. The van der Waals surface area contributed by atoms with Crippen LogP contribution in [0.4, 0.5) is 5.69 Å². The third-order valence-corrected chi connectivity index (χ3v) is 4.08. The van der Waals surface area contributed by atoms with Crippen LogP contribution in [0.2, 0.25) is 0 Å². The van der Waals surface area contributed by atoms with Gasteiger partial charge in [-0.05, 0) is 45.4 Å². The Hall–Kier alpha value is -2.08. The number of benzene rings is 1. The summed E-state index contributed by atoms with van der Waals surface area (Å²) in [5.74, 6) is 0.615. The Bertz CT molecular complexity index is 584. The summed E-state index contributed by atoms with van der Waals surface area (Å²) in [7, 11) is 0. The standard InChI is InChI=1S/C17H25N3O3/c1-5-20(6-2)17(22)12(4)18-11(3)13-7-8-15-14(9-13)19-16(21)10-23-15/h7-9,11-12,18H,5-6,10H2,1-4H3,(H,19,21). The molecule has 6 nitrogen and oxygen atoms in total. The van der Waals surface area contributed by atoms with Crippen LogP contribution in [0.3, 0.4) is 0 Å². The molecule has 2 N–H and O–H groups in total. The monoisotopic (exact) mass is 319 g/mol. The molecule has 2 rings (SSSR count). The minimum absolute atomic E-state index is 0.0198. The minimum Gasteiger partial charge on any atom is -0.482 e. The molecule has 0 saturated carbocycles. The molecule has 1 aliphatic heterocycles. The van der Waals surface area contributed by atoms with E-state index in [1.807, 2.05) is 50.8 Å². The molecule has 0 spiro atoms. The summed E-state index contributed by atoms with van der Waals surface area (Å²) in [5, 5.41) is 6.12. The second-order valence-electron chi connectivity index (χ2n) is 5.71. The lowest BCUT2D eigenvalue weighted by Crippen LogP contribution is -2.45. The molecular weight excluding hydrogens is 294 g/mol. The molecule has 6 heteroatoms. The van der Waals surface area contributed by atoms with Crippen molar-refractivity contribution in [2.24, 2.45) is 0 Å². The van der Waals surface area contributed by atoms with Crippen molar-refractivity contribution in [3.63, 3.8) is 0 Å². The van der Waals surface area contributed by atoms with Crippen LogP contribution in [-0.2, 0) is 9.59 Å². The van der Waals surface area contributed by atoms with E-state index in [0.717, 1.165) is 5.56 Å². The highest BCUT2D eigenvalue weighted by Gasteiger charge is 2.22. The fraction of sp³-hybridized carbons (Fsp3) is 0.529. The number of rotatable bonds is 6. The van der Waals surface area contributed by atoms with E-state index in [1.54, 1.807) is 0 Å². The van der Waals surface area contributed by atoms with Gasteiger partial charge < -0.3 is 15.0 Å². The van der Waals surface area contributed by atoms with E-state index < -0.39 is 0 Å². The molecule has 0 fully saturated rings. The highest BCUT2D eigenvalue weighted by molar-refractivity contribution is 5.95. The maximum absolute atomic E-state index is 12.3. The number of carbonyl (C=O) groups excluding carboxylic acids is 2. The Kier molecular flexibility index (Phi) is 5.60. The highest BCUT2D eigenvalue weighted by atomic mass is 16.5. The molecule has 2 amide bonds. The van der Waals surface area contributed by atoms with Gasteiger partial charge in [-0.3, -0.25) is 14.9 Å². The van der Waals surface area contributed by atoms with Gasteiger partial charge in [-0.2, -0.15) is 0 Å². The van der Waals surface area contributed by atoms with Crippen LogP contribution < -0.4 is 15.4 Å². The maximum Gasteiger partial charge on any atom is 0.262 e. The number of hydrogen-bond acceptors (Lipinski definition) is 4. The molecule has 2 unspecified atom stereocenters. The number of amides is 2. The number of nitrogens with one attached hydrogen (secondary N) is 2. The fourth-order valence-electron chi connectivity index (χ4n) is 2.72. The first-order valence-electron chi connectivity index (χ1n) is 8.07. The smallest absolute Gasteiger partial charge is 0.262 e. The number of ether oxygens (including phenoxy) is 1. The lowest BCUT2D eigenvalue weighted by Gasteiger charge is -2.26. The molecular formula is C17H25N3O3. The van der Waals surface area contributed by atoms with E-state index in [4.69, 9.17) is 4.74 Å². The van der Waals surface area contributed by atoms with E-state index in [9.17, 15) is 9.59 Å². The van der Waals surface area contributed by atoms with Gasteiger partial charge in [0.25, 0.3) is 5.91 Å². The Labute approximate surface area is 137 Å². The van der Waals surface area contributed by atoms with Crippen molar-refractivity contribution >= 4 is 17.5 Å². The molecule has 1 aliphatic rings. The molecule has 0 aliphatic carbocycles. The van der Waals surface area contributed by atoms with Crippen LogP contribution in [0.5, 0.6) is 5.75 Å². The lowest BCUT2D eigenvalue weighted by molar-refractivity contribution is -0.132. The Morgan fingerprint density at radius 3 is 2.70 bits per heavy atom. The summed E-state index contributed by atoms with van der Waals surface area (Å²) >= 11 is 0. The minimum atomic E-state index is -0.272. The molecule has 1 aromatic carbocycles. The second kappa shape index (κ2) is 7.46. The van der Waals surface area contributed by atoms with Crippen molar-refractivity contribution in [3.8, 4) is 5.75 Å². The highest BCUT2D eigenvalue weighted by Crippen LogP contribution is 2.30. The van der Waals surface area contributed by atoms with E-state index in [-0.39, 0.29) is 30.5 Å². The van der Waals surface area contributed by atoms with Crippen molar-refractivity contribution < 1.29 is 14.3 Å². The van der Waals surface area contributed by atoms with Crippen molar-refractivity contribution in [1.29, 1.82) is 0 Å². The molecule has 1 aromatic rings. The second-order valence-corrected chi connectivity index (χ2v) is 5.71. The molecule has 0 bridgehead atoms. The van der Waals surface area contributed by atoms with Gasteiger partial charge in [0.15, 0.2) is 6.61 Å². The van der Waals surface area contributed by atoms with Crippen molar-refractivity contribution in [3.05, 3.63) is 23.8 Å². The van der Waals surface area contributed by atoms with Gasteiger partial charge in [0.1, 0.15) is 5.75 Å². The van der Waals surface area contributed by atoms with Crippen LogP contribution in [0, 0.1) is 0 Å².